The third kappa shape index (κ3) is 3.85. The fourth-order valence-electron chi connectivity index (χ4n) is 3.44. The van der Waals surface area contributed by atoms with Gasteiger partial charge in [-0.15, -0.1) is 11.3 Å². The summed E-state index contributed by atoms with van der Waals surface area (Å²) in [4.78, 5) is 31.8. The van der Waals surface area contributed by atoms with Gasteiger partial charge in [0.1, 0.15) is 4.83 Å². The van der Waals surface area contributed by atoms with Gasteiger partial charge in [-0.05, 0) is 49.9 Å². The standard InChI is InChI=1S/C20H18F3N3O2S2/c1-10(16(27)24-12-6-3-5-11(9-12)20(21,22)23)29-19-25-17-15(18(28)26(19)2)13-7-4-8-14(13)30-17/h3,5-6,9-10H,4,7-8H2,1-2H3,(H,24,27). The number of thiophene rings is 1. The summed E-state index contributed by atoms with van der Waals surface area (Å²) in [6.07, 6.45) is -1.60. The lowest BCUT2D eigenvalue weighted by Crippen LogP contribution is -2.25. The number of nitrogens with zero attached hydrogens (tertiary/aromatic N) is 2. The number of fused-ring (bicyclic) bond motifs is 3. The third-order valence-electron chi connectivity index (χ3n) is 5.01. The molecule has 3 aromatic rings. The third-order valence-corrected chi connectivity index (χ3v) is 7.34. The number of anilines is 1. The van der Waals surface area contributed by atoms with Crippen LogP contribution in [-0.2, 0) is 30.9 Å². The number of rotatable bonds is 4. The zero-order valence-electron chi connectivity index (χ0n) is 16.2. The zero-order valence-corrected chi connectivity index (χ0v) is 17.8. The van der Waals surface area contributed by atoms with Crippen LogP contribution in [0.4, 0.5) is 18.9 Å². The Hall–Kier alpha value is -2.33. The largest absolute Gasteiger partial charge is 0.416 e. The Morgan fingerprint density at radius 2 is 2.10 bits per heavy atom. The smallest absolute Gasteiger partial charge is 0.325 e. The minimum absolute atomic E-state index is 0.0641. The van der Waals surface area contributed by atoms with Crippen LogP contribution in [-0.4, -0.2) is 20.7 Å². The quantitative estimate of drug-likeness (QED) is 0.463. The first-order chi connectivity index (χ1) is 14.1. The number of carbonyl (C=O) groups excluding carboxylic acids is 1. The molecule has 0 saturated heterocycles. The van der Waals surface area contributed by atoms with E-state index in [9.17, 15) is 22.8 Å². The van der Waals surface area contributed by atoms with E-state index in [2.05, 4.69) is 10.3 Å². The Bertz CT molecular complexity index is 1200. The van der Waals surface area contributed by atoms with E-state index in [1.54, 1.807) is 14.0 Å². The number of aromatic nitrogens is 2. The molecule has 0 bridgehead atoms. The topological polar surface area (TPSA) is 64.0 Å². The van der Waals surface area contributed by atoms with Gasteiger partial charge in [0.25, 0.3) is 5.56 Å². The number of benzene rings is 1. The van der Waals surface area contributed by atoms with E-state index in [1.807, 2.05) is 0 Å². The van der Waals surface area contributed by atoms with Crippen LogP contribution in [0.2, 0.25) is 0 Å². The van der Waals surface area contributed by atoms with Crippen molar-refractivity contribution in [3.8, 4) is 0 Å². The Morgan fingerprint density at radius 1 is 1.33 bits per heavy atom. The highest BCUT2D eigenvalue weighted by molar-refractivity contribution is 8.00. The number of nitrogens with one attached hydrogen (secondary N) is 1. The van der Waals surface area contributed by atoms with Crippen LogP contribution >= 0.6 is 23.1 Å². The molecule has 2 heterocycles. The van der Waals surface area contributed by atoms with Gasteiger partial charge in [0.2, 0.25) is 5.91 Å². The van der Waals surface area contributed by atoms with Crippen molar-refractivity contribution in [3.63, 3.8) is 0 Å². The lowest BCUT2D eigenvalue weighted by atomic mass is 10.2. The number of hydrogen-bond donors (Lipinski definition) is 1. The van der Waals surface area contributed by atoms with Crippen LogP contribution in [0.1, 0.15) is 29.3 Å². The van der Waals surface area contributed by atoms with E-state index in [4.69, 9.17) is 0 Å². The van der Waals surface area contributed by atoms with Crippen molar-refractivity contribution in [1.29, 1.82) is 0 Å². The molecule has 1 N–H and O–H groups in total. The predicted molar refractivity (Wildman–Crippen MR) is 112 cm³/mol. The van der Waals surface area contributed by atoms with Gasteiger partial charge in [-0.25, -0.2) is 4.98 Å². The Balaban J connectivity index is 1.55. The molecule has 1 aliphatic rings. The number of alkyl halides is 3. The fourth-order valence-corrected chi connectivity index (χ4v) is 5.62. The number of aryl methyl sites for hydroxylation is 2. The first-order valence-electron chi connectivity index (χ1n) is 9.31. The van der Waals surface area contributed by atoms with Gasteiger partial charge in [-0.1, -0.05) is 17.8 Å². The van der Waals surface area contributed by atoms with E-state index in [0.717, 1.165) is 48.7 Å². The molecule has 5 nitrogen and oxygen atoms in total. The maximum Gasteiger partial charge on any atom is 0.416 e. The lowest BCUT2D eigenvalue weighted by molar-refractivity contribution is -0.137. The minimum atomic E-state index is -4.49. The van der Waals surface area contributed by atoms with Crippen molar-refractivity contribution in [2.75, 3.05) is 5.32 Å². The summed E-state index contributed by atoms with van der Waals surface area (Å²) < 4.78 is 40.0. The molecule has 4 rings (SSSR count). The van der Waals surface area contributed by atoms with Crippen molar-refractivity contribution in [3.05, 3.63) is 50.6 Å². The average molecular weight is 454 g/mol. The summed E-state index contributed by atoms with van der Waals surface area (Å²) in [5.74, 6) is -0.470. The van der Waals surface area contributed by atoms with Crippen molar-refractivity contribution >= 4 is 44.9 Å². The highest BCUT2D eigenvalue weighted by Crippen LogP contribution is 2.36. The molecule has 0 radical (unpaired) electrons. The first kappa shape index (κ1) is 20.9. The average Bonchev–Trinajstić information content (AvgIpc) is 3.26. The second-order valence-corrected chi connectivity index (χ2v) is 9.52. The highest BCUT2D eigenvalue weighted by atomic mass is 32.2. The van der Waals surface area contributed by atoms with Gasteiger partial charge in [0.05, 0.1) is 16.2 Å². The number of amides is 1. The summed E-state index contributed by atoms with van der Waals surface area (Å²) in [5.41, 5.74) is 0.192. The molecule has 2 aromatic heterocycles. The van der Waals surface area contributed by atoms with E-state index in [-0.39, 0.29) is 11.2 Å². The van der Waals surface area contributed by atoms with Gasteiger partial charge < -0.3 is 5.32 Å². The van der Waals surface area contributed by atoms with Crippen LogP contribution < -0.4 is 10.9 Å². The SMILES string of the molecule is CC(Sc1nc2sc3c(c2c(=O)n1C)CCC3)C(=O)Nc1cccc(C(F)(F)F)c1. The summed E-state index contributed by atoms with van der Waals surface area (Å²) in [6, 6.07) is 4.48. The maximum absolute atomic E-state index is 12.9. The van der Waals surface area contributed by atoms with Crippen molar-refractivity contribution in [2.45, 2.75) is 42.8 Å². The van der Waals surface area contributed by atoms with Crippen LogP contribution in [0.5, 0.6) is 0 Å². The second kappa shape index (κ2) is 7.73. The molecular formula is C20H18F3N3O2S2. The molecule has 0 aliphatic heterocycles. The normalized spacial score (nSPS) is 14.7. The minimum Gasteiger partial charge on any atom is -0.325 e. The molecular weight excluding hydrogens is 435 g/mol. The molecule has 0 fully saturated rings. The van der Waals surface area contributed by atoms with E-state index >= 15 is 0 Å². The van der Waals surface area contributed by atoms with Crippen LogP contribution in [0.25, 0.3) is 10.2 Å². The van der Waals surface area contributed by atoms with Gasteiger partial charge >= 0.3 is 6.18 Å². The highest BCUT2D eigenvalue weighted by Gasteiger charge is 2.31. The molecule has 1 unspecified atom stereocenters. The fraction of sp³-hybridized carbons (Fsp3) is 0.350. The predicted octanol–water partition coefficient (Wildman–Crippen LogP) is 4.62. The van der Waals surface area contributed by atoms with Gasteiger partial charge in [0, 0.05) is 17.6 Å². The van der Waals surface area contributed by atoms with Crippen molar-refractivity contribution in [1.82, 2.24) is 9.55 Å². The Kier molecular flexibility index (Phi) is 5.39. The summed E-state index contributed by atoms with van der Waals surface area (Å²) >= 11 is 2.62. The molecule has 158 valence electrons. The van der Waals surface area contributed by atoms with Crippen molar-refractivity contribution < 1.29 is 18.0 Å². The Morgan fingerprint density at radius 3 is 2.83 bits per heavy atom. The molecule has 30 heavy (non-hydrogen) atoms. The molecule has 1 aliphatic carbocycles. The van der Waals surface area contributed by atoms with Crippen molar-refractivity contribution in [2.24, 2.45) is 7.05 Å². The molecule has 1 amide bonds. The number of carbonyl (C=O) groups is 1. The second-order valence-electron chi connectivity index (χ2n) is 7.12. The molecule has 1 atom stereocenters. The van der Waals surface area contributed by atoms with E-state index < -0.39 is 22.9 Å². The summed E-state index contributed by atoms with van der Waals surface area (Å²) in [6.45, 7) is 1.62. The monoisotopic (exact) mass is 453 g/mol. The summed E-state index contributed by atoms with van der Waals surface area (Å²) in [7, 11) is 1.62. The van der Waals surface area contributed by atoms with Gasteiger partial charge in [0.15, 0.2) is 5.16 Å². The Labute approximate surface area is 178 Å². The molecule has 10 heteroatoms. The van der Waals surface area contributed by atoms with Gasteiger partial charge in [-0.3, -0.25) is 14.2 Å². The number of thioether (sulfide) groups is 1. The summed E-state index contributed by atoms with van der Waals surface area (Å²) in [5, 5.41) is 2.91. The first-order valence-corrected chi connectivity index (χ1v) is 11.0. The lowest BCUT2D eigenvalue weighted by Gasteiger charge is -2.14. The van der Waals surface area contributed by atoms with Crippen LogP contribution in [0.15, 0.2) is 34.2 Å². The zero-order chi connectivity index (χ0) is 21.6. The molecule has 0 saturated carbocycles. The molecule has 0 spiro atoms. The van der Waals surface area contributed by atoms with E-state index in [1.165, 1.54) is 32.9 Å². The number of halogens is 3. The van der Waals surface area contributed by atoms with Crippen LogP contribution in [0.3, 0.4) is 0 Å². The maximum atomic E-state index is 12.9. The van der Waals surface area contributed by atoms with E-state index in [0.29, 0.717) is 15.4 Å². The number of hydrogen-bond acceptors (Lipinski definition) is 5. The van der Waals surface area contributed by atoms with Gasteiger partial charge in [-0.2, -0.15) is 13.2 Å². The molecule has 1 aromatic carbocycles. The van der Waals surface area contributed by atoms with Crippen LogP contribution in [0, 0.1) is 0 Å².